The van der Waals surface area contributed by atoms with Gasteiger partial charge in [0.1, 0.15) is 0 Å². The molecule has 9 nitrogen and oxygen atoms in total. The van der Waals surface area contributed by atoms with E-state index < -0.39 is 57.5 Å². The summed E-state index contributed by atoms with van der Waals surface area (Å²) in [6, 6.07) is 7.72. The molecule has 0 aliphatic rings. The molecule has 0 atom stereocenters. The van der Waals surface area contributed by atoms with Crippen LogP contribution < -0.4 is 0 Å². The minimum atomic E-state index is -1.98. The zero-order valence-corrected chi connectivity index (χ0v) is 12.8. The maximum absolute atomic E-state index is 12.6. The molecule has 0 fully saturated rings. The van der Waals surface area contributed by atoms with Crippen LogP contribution in [0.1, 0.15) is 57.4 Å². The predicted molar refractivity (Wildman–Crippen MR) is 91.3 cm³/mol. The Morgan fingerprint density at radius 1 is 0.593 bits per heavy atom. The number of aromatic carboxylic acids is 4. The molecular weight excluding hydrogens is 371 g/mol. The summed E-state index contributed by atoms with van der Waals surface area (Å²) in [5.41, 5.74) is -5.33. The number of benzene rings is 2. The summed E-state index contributed by atoms with van der Waals surface area (Å²) in [6.07, 6.45) is 0. The van der Waals surface area contributed by atoms with Crippen LogP contribution in [0.2, 0.25) is 0 Å². The molecular formula is C17H11NaO9. The Kier molecular flexibility index (Phi) is 7.00. The van der Waals surface area contributed by atoms with Gasteiger partial charge in [0.15, 0.2) is 5.78 Å². The number of rotatable bonds is 6. The molecule has 27 heavy (non-hydrogen) atoms. The topological polar surface area (TPSA) is 166 Å². The van der Waals surface area contributed by atoms with Crippen LogP contribution >= 0.6 is 0 Å². The van der Waals surface area contributed by atoms with Gasteiger partial charge in [-0.05, 0) is 6.07 Å². The van der Waals surface area contributed by atoms with Gasteiger partial charge < -0.3 is 20.4 Å². The predicted octanol–water partition coefficient (Wildman–Crippen LogP) is 1.06. The van der Waals surface area contributed by atoms with Gasteiger partial charge in [-0.3, -0.25) is 4.79 Å². The first-order valence-electron chi connectivity index (χ1n) is 6.90. The van der Waals surface area contributed by atoms with Crippen LogP contribution in [0.3, 0.4) is 0 Å². The van der Waals surface area contributed by atoms with E-state index in [-0.39, 0.29) is 35.1 Å². The molecule has 0 aliphatic heterocycles. The third-order valence-corrected chi connectivity index (χ3v) is 3.48. The summed E-state index contributed by atoms with van der Waals surface area (Å²) in [5, 5.41) is 37.1. The van der Waals surface area contributed by atoms with Crippen LogP contribution in [0.5, 0.6) is 0 Å². The molecule has 0 radical (unpaired) electrons. The molecule has 0 spiro atoms. The summed E-state index contributed by atoms with van der Waals surface area (Å²) in [4.78, 5) is 58.4. The second-order valence-corrected chi connectivity index (χ2v) is 5.01. The summed E-state index contributed by atoms with van der Waals surface area (Å²) < 4.78 is 0. The van der Waals surface area contributed by atoms with E-state index in [9.17, 15) is 44.4 Å². The van der Waals surface area contributed by atoms with Gasteiger partial charge in [0.2, 0.25) is 0 Å². The van der Waals surface area contributed by atoms with E-state index in [0.717, 1.165) is 0 Å². The number of carboxylic acid groups (broad SMARTS) is 4. The van der Waals surface area contributed by atoms with Crippen molar-refractivity contribution in [1.29, 1.82) is 0 Å². The normalized spacial score (nSPS) is 9.78. The second kappa shape index (κ2) is 8.58. The van der Waals surface area contributed by atoms with Gasteiger partial charge in [0.05, 0.1) is 22.3 Å². The van der Waals surface area contributed by atoms with Gasteiger partial charge >= 0.3 is 53.4 Å². The van der Waals surface area contributed by atoms with E-state index in [1.807, 2.05) is 0 Å². The molecule has 2 rings (SSSR count). The van der Waals surface area contributed by atoms with Gasteiger partial charge in [-0.25, -0.2) is 19.2 Å². The van der Waals surface area contributed by atoms with Crippen LogP contribution in [0.4, 0.5) is 0 Å². The van der Waals surface area contributed by atoms with Crippen molar-refractivity contribution >= 4 is 59.2 Å². The standard InChI is InChI=1S/C17H10O9.Na.H/c18-13(7-4-2-1-3-5-7)8-6-9(14(19)20)11(16(23)24)12(17(25)26)10(8)15(21)22;;/h1-6H,(H,19,20)(H,21,22)(H,23,24)(H,25,26);;. The van der Waals surface area contributed by atoms with E-state index in [4.69, 9.17) is 0 Å². The Morgan fingerprint density at radius 2 is 1.04 bits per heavy atom. The summed E-state index contributed by atoms with van der Waals surface area (Å²) >= 11 is 0. The van der Waals surface area contributed by atoms with Crippen LogP contribution in [0.25, 0.3) is 0 Å². The number of carboxylic acids is 4. The number of hydrogen-bond donors (Lipinski definition) is 4. The molecule has 0 saturated heterocycles. The van der Waals surface area contributed by atoms with Crippen LogP contribution in [0, 0.1) is 0 Å². The zero-order valence-electron chi connectivity index (χ0n) is 12.8. The minimum absolute atomic E-state index is 0. The number of hydrogen-bond acceptors (Lipinski definition) is 5. The Bertz CT molecular complexity index is 964. The second-order valence-electron chi connectivity index (χ2n) is 5.01. The molecule has 0 aromatic heterocycles. The molecule has 10 heteroatoms. The first-order chi connectivity index (χ1) is 12.2. The molecule has 0 unspecified atom stereocenters. The molecule has 0 heterocycles. The Balaban J connectivity index is 0.00000364. The van der Waals surface area contributed by atoms with E-state index in [2.05, 4.69) is 0 Å². The monoisotopic (exact) mass is 382 g/mol. The summed E-state index contributed by atoms with van der Waals surface area (Å²) in [7, 11) is 0. The number of carbonyl (C=O) groups is 5. The molecule has 4 N–H and O–H groups in total. The van der Waals surface area contributed by atoms with Crippen LogP contribution in [0.15, 0.2) is 36.4 Å². The average molecular weight is 382 g/mol. The molecule has 134 valence electrons. The van der Waals surface area contributed by atoms with Gasteiger partial charge in [0, 0.05) is 11.1 Å². The van der Waals surface area contributed by atoms with Gasteiger partial charge in [0.25, 0.3) is 0 Å². The van der Waals surface area contributed by atoms with E-state index in [0.29, 0.717) is 6.07 Å². The van der Waals surface area contributed by atoms with Crippen molar-refractivity contribution in [3.8, 4) is 0 Å². The fourth-order valence-corrected chi connectivity index (χ4v) is 2.43. The SMILES string of the molecule is O=C(O)c1cc(C(=O)c2ccccc2)c(C(=O)O)c(C(=O)O)c1C(=O)O.[NaH]. The van der Waals surface area contributed by atoms with Gasteiger partial charge in [-0.15, -0.1) is 0 Å². The maximum atomic E-state index is 12.6. The Labute approximate surface area is 173 Å². The zero-order chi connectivity index (χ0) is 19.6. The van der Waals surface area contributed by atoms with Crippen molar-refractivity contribution in [2.24, 2.45) is 0 Å². The fourth-order valence-electron chi connectivity index (χ4n) is 2.43. The van der Waals surface area contributed by atoms with Crippen molar-refractivity contribution in [3.63, 3.8) is 0 Å². The van der Waals surface area contributed by atoms with Crippen molar-refractivity contribution < 1.29 is 44.4 Å². The van der Waals surface area contributed by atoms with Crippen molar-refractivity contribution in [1.82, 2.24) is 0 Å². The fraction of sp³-hybridized carbons (Fsp3) is 0. The molecule has 0 saturated carbocycles. The number of carbonyl (C=O) groups excluding carboxylic acids is 1. The Morgan fingerprint density at radius 3 is 1.44 bits per heavy atom. The molecule has 0 aliphatic carbocycles. The average Bonchev–Trinajstić information content (AvgIpc) is 2.59. The third-order valence-electron chi connectivity index (χ3n) is 3.48. The summed E-state index contributed by atoms with van der Waals surface area (Å²) in [5.74, 6) is -8.57. The molecule has 0 bridgehead atoms. The van der Waals surface area contributed by atoms with Gasteiger partial charge in [-0.1, -0.05) is 30.3 Å². The first kappa shape index (κ1) is 22.0. The van der Waals surface area contributed by atoms with Crippen molar-refractivity contribution in [3.05, 3.63) is 69.8 Å². The first-order valence-corrected chi connectivity index (χ1v) is 6.90. The number of ketones is 1. The van der Waals surface area contributed by atoms with E-state index in [1.165, 1.54) is 24.3 Å². The quantitative estimate of drug-likeness (QED) is 0.422. The third kappa shape index (κ3) is 4.22. The van der Waals surface area contributed by atoms with E-state index >= 15 is 0 Å². The molecule has 2 aromatic carbocycles. The molecule has 0 amide bonds. The summed E-state index contributed by atoms with van der Waals surface area (Å²) in [6.45, 7) is 0. The van der Waals surface area contributed by atoms with Crippen LogP contribution in [-0.4, -0.2) is 79.6 Å². The van der Waals surface area contributed by atoms with E-state index in [1.54, 1.807) is 6.07 Å². The Hall–Kier alpha value is -3.01. The molecule has 2 aromatic rings. The van der Waals surface area contributed by atoms with Crippen molar-refractivity contribution in [2.75, 3.05) is 0 Å². The van der Waals surface area contributed by atoms with Gasteiger partial charge in [-0.2, -0.15) is 0 Å². The van der Waals surface area contributed by atoms with Crippen LogP contribution in [-0.2, 0) is 0 Å². The van der Waals surface area contributed by atoms with Crippen molar-refractivity contribution in [2.45, 2.75) is 0 Å².